The predicted molar refractivity (Wildman–Crippen MR) is 96.2 cm³/mol. The van der Waals surface area contributed by atoms with E-state index < -0.39 is 0 Å². The number of imidazole rings is 1. The van der Waals surface area contributed by atoms with Crippen LogP contribution >= 0.6 is 0 Å². The van der Waals surface area contributed by atoms with Crippen molar-refractivity contribution in [3.8, 4) is 11.1 Å². The monoisotopic (exact) mass is 337 g/mol. The highest BCUT2D eigenvalue weighted by Crippen LogP contribution is 2.24. The van der Waals surface area contributed by atoms with Crippen molar-refractivity contribution in [2.24, 2.45) is 10.2 Å². The number of hydrogen-bond acceptors (Lipinski definition) is 6. The molecule has 3 heterocycles. The minimum Gasteiger partial charge on any atom is -0.383 e. The normalized spacial score (nSPS) is 11.3. The standard InChI is InChI=1S/C17H19N7O/c1-3-20-21-8-14-6-13(7-19-17(14)18)12-4-5-16-23-15(22-11(2)25)10-24(16)9-12/h4-7,9-10H,3,8H2,1-2H3,(H2,18,19)(H,22,25). The molecule has 0 unspecified atom stereocenters. The Kier molecular flexibility index (Phi) is 4.69. The Bertz CT molecular complexity index is 945. The number of hydrogen-bond donors (Lipinski definition) is 2. The summed E-state index contributed by atoms with van der Waals surface area (Å²) in [5.74, 6) is 0.813. The second kappa shape index (κ2) is 7.08. The Labute approximate surface area is 144 Å². The van der Waals surface area contributed by atoms with Gasteiger partial charge in [0.05, 0.1) is 19.3 Å². The number of nitrogens with two attached hydrogens (primary N) is 1. The highest BCUT2D eigenvalue weighted by molar-refractivity contribution is 5.87. The van der Waals surface area contributed by atoms with Crippen LogP contribution in [0.4, 0.5) is 11.6 Å². The summed E-state index contributed by atoms with van der Waals surface area (Å²) in [6.07, 6.45) is 5.42. The number of nitrogen functional groups attached to an aromatic ring is 1. The molecular weight excluding hydrogens is 318 g/mol. The molecule has 1 amide bonds. The second-order valence-electron chi connectivity index (χ2n) is 5.52. The summed E-state index contributed by atoms with van der Waals surface area (Å²) in [6.45, 7) is 4.42. The Morgan fingerprint density at radius 3 is 2.88 bits per heavy atom. The Hall–Kier alpha value is -3.29. The average Bonchev–Trinajstić information content (AvgIpc) is 2.97. The lowest BCUT2D eigenvalue weighted by Crippen LogP contribution is -2.05. The van der Waals surface area contributed by atoms with Crippen LogP contribution < -0.4 is 11.1 Å². The molecule has 0 saturated carbocycles. The molecule has 0 spiro atoms. The fraction of sp³-hybridized carbons (Fsp3) is 0.235. The topological polar surface area (TPSA) is 110 Å². The summed E-state index contributed by atoms with van der Waals surface area (Å²) in [7, 11) is 0. The van der Waals surface area contributed by atoms with Crippen LogP contribution in [-0.2, 0) is 11.3 Å². The lowest BCUT2D eigenvalue weighted by atomic mass is 10.1. The number of fused-ring (bicyclic) bond motifs is 1. The van der Waals surface area contributed by atoms with Crippen molar-refractivity contribution in [3.05, 3.63) is 42.4 Å². The molecule has 0 aliphatic carbocycles. The van der Waals surface area contributed by atoms with E-state index in [0.717, 1.165) is 22.3 Å². The maximum Gasteiger partial charge on any atom is 0.222 e. The maximum absolute atomic E-state index is 11.2. The van der Waals surface area contributed by atoms with Crippen LogP contribution in [-0.4, -0.2) is 26.8 Å². The molecule has 0 radical (unpaired) electrons. The summed E-state index contributed by atoms with van der Waals surface area (Å²) in [4.78, 5) is 19.7. The zero-order valence-corrected chi connectivity index (χ0v) is 14.1. The first kappa shape index (κ1) is 16.6. The first-order valence-corrected chi connectivity index (χ1v) is 7.91. The second-order valence-corrected chi connectivity index (χ2v) is 5.52. The molecule has 0 atom stereocenters. The molecule has 8 nitrogen and oxygen atoms in total. The molecule has 0 fully saturated rings. The zero-order chi connectivity index (χ0) is 17.8. The number of nitrogens with zero attached hydrogens (tertiary/aromatic N) is 5. The number of azo groups is 1. The van der Waals surface area contributed by atoms with Crippen LogP contribution in [0.25, 0.3) is 16.8 Å². The van der Waals surface area contributed by atoms with Gasteiger partial charge in [-0.25, -0.2) is 9.97 Å². The van der Waals surface area contributed by atoms with Crippen molar-refractivity contribution >= 4 is 23.2 Å². The van der Waals surface area contributed by atoms with Gasteiger partial charge in [-0.1, -0.05) is 0 Å². The van der Waals surface area contributed by atoms with Crippen LogP contribution in [0.2, 0.25) is 0 Å². The minimum absolute atomic E-state index is 0.155. The number of aromatic nitrogens is 3. The smallest absolute Gasteiger partial charge is 0.222 e. The number of amides is 1. The summed E-state index contributed by atoms with van der Waals surface area (Å²) in [5, 5.41) is 10.7. The van der Waals surface area contributed by atoms with E-state index in [-0.39, 0.29) is 5.91 Å². The number of nitrogens with one attached hydrogen (secondary N) is 1. The number of carbonyl (C=O) groups is 1. The molecule has 128 valence electrons. The van der Waals surface area contributed by atoms with Crippen LogP contribution in [0.15, 0.2) is 47.0 Å². The Balaban J connectivity index is 1.94. The van der Waals surface area contributed by atoms with Gasteiger partial charge >= 0.3 is 0 Å². The van der Waals surface area contributed by atoms with Gasteiger partial charge in [0.1, 0.15) is 11.5 Å². The zero-order valence-electron chi connectivity index (χ0n) is 14.1. The van der Waals surface area contributed by atoms with Crippen molar-refractivity contribution in [3.63, 3.8) is 0 Å². The molecule has 8 heteroatoms. The SMILES string of the molecule is CCN=NCc1cc(-c2ccc3nc(NC(C)=O)cn3c2)cnc1N. The van der Waals surface area contributed by atoms with Crippen molar-refractivity contribution < 1.29 is 4.79 Å². The van der Waals surface area contributed by atoms with E-state index in [1.165, 1.54) is 6.92 Å². The van der Waals surface area contributed by atoms with E-state index in [1.807, 2.05) is 35.7 Å². The third-order valence-corrected chi connectivity index (χ3v) is 3.57. The molecule has 25 heavy (non-hydrogen) atoms. The van der Waals surface area contributed by atoms with Crippen molar-refractivity contribution in [2.45, 2.75) is 20.4 Å². The predicted octanol–water partition coefficient (Wildman–Crippen LogP) is 2.91. The van der Waals surface area contributed by atoms with Gasteiger partial charge in [0.2, 0.25) is 5.91 Å². The van der Waals surface area contributed by atoms with Crippen LogP contribution in [0.1, 0.15) is 19.4 Å². The fourth-order valence-electron chi connectivity index (χ4n) is 2.43. The molecule has 0 bridgehead atoms. The quantitative estimate of drug-likeness (QED) is 0.697. The third-order valence-electron chi connectivity index (χ3n) is 3.57. The average molecular weight is 337 g/mol. The maximum atomic E-state index is 11.2. The molecule has 0 aromatic carbocycles. The molecule has 3 N–H and O–H groups in total. The van der Waals surface area contributed by atoms with E-state index >= 15 is 0 Å². The first-order chi connectivity index (χ1) is 12.1. The minimum atomic E-state index is -0.155. The third kappa shape index (κ3) is 3.79. The van der Waals surface area contributed by atoms with Gasteiger partial charge in [-0.3, -0.25) is 4.79 Å². The largest absolute Gasteiger partial charge is 0.383 e. The Morgan fingerprint density at radius 1 is 1.28 bits per heavy atom. The summed E-state index contributed by atoms with van der Waals surface area (Å²) in [5.41, 5.74) is 9.38. The van der Waals surface area contributed by atoms with Gasteiger partial charge in [-0.05, 0) is 25.1 Å². The first-order valence-electron chi connectivity index (χ1n) is 7.91. The van der Waals surface area contributed by atoms with Gasteiger partial charge in [0.25, 0.3) is 0 Å². The number of pyridine rings is 2. The molecular formula is C17H19N7O. The molecule has 0 saturated heterocycles. The van der Waals surface area contributed by atoms with Crippen LogP contribution in [0.5, 0.6) is 0 Å². The lowest BCUT2D eigenvalue weighted by Gasteiger charge is -2.06. The van der Waals surface area contributed by atoms with E-state index in [0.29, 0.717) is 24.7 Å². The molecule has 0 aliphatic heterocycles. The Morgan fingerprint density at radius 2 is 2.12 bits per heavy atom. The van der Waals surface area contributed by atoms with Gasteiger partial charge < -0.3 is 15.5 Å². The lowest BCUT2D eigenvalue weighted by molar-refractivity contribution is -0.114. The summed E-state index contributed by atoms with van der Waals surface area (Å²) >= 11 is 0. The highest BCUT2D eigenvalue weighted by Gasteiger charge is 2.08. The van der Waals surface area contributed by atoms with Crippen molar-refractivity contribution in [1.29, 1.82) is 0 Å². The van der Waals surface area contributed by atoms with Crippen molar-refractivity contribution in [1.82, 2.24) is 14.4 Å². The number of anilines is 2. The molecule has 3 aromatic heterocycles. The van der Waals surface area contributed by atoms with Gasteiger partial charge in [0, 0.05) is 36.0 Å². The fourth-order valence-corrected chi connectivity index (χ4v) is 2.43. The van der Waals surface area contributed by atoms with Crippen LogP contribution in [0.3, 0.4) is 0 Å². The number of rotatable bonds is 5. The van der Waals surface area contributed by atoms with E-state index in [9.17, 15) is 4.79 Å². The van der Waals surface area contributed by atoms with Crippen molar-refractivity contribution in [2.75, 3.05) is 17.6 Å². The molecule has 3 aromatic rings. The van der Waals surface area contributed by atoms with Gasteiger partial charge in [-0.15, -0.1) is 0 Å². The molecule has 0 aliphatic rings. The van der Waals surface area contributed by atoms with E-state index in [1.54, 1.807) is 12.4 Å². The summed E-state index contributed by atoms with van der Waals surface area (Å²) in [6, 6.07) is 5.79. The molecule has 3 rings (SSSR count). The van der Waals surface area contributed by atoms with Crippen LogP contribution in [0, 0.1) is 0 Å². The van der Waals surface area contributed by atoms with Gasteiger partial charge in [0.15, 0.2) is 5.82 Å². The van der Waals surface area contributed by atoms with E-state index in [4.69, 9.17) is 5.73 Å². The number of carbonyl (C=O) groups excluding carboxylic acids is 1. The summed E-state index contributed by atoms with van der Waals surface area (Å²) < 4.78 is 1.85. The highest BCUT2D eigenvalue weighted by atomic mass is 16.1. The van der Waals surface area contributed by atoms with Gasteiger partial charge in [-0.2, -0.15) is 10.2 Å². The van der Waals surface area contributed by atoms with E-state index in [2.05, 4.69) is 25.5 Å².